The molecular weight excluding hydrogens is 275 g/mol. The lowest BCUT2D eigenvalue weighted by atomic mass is 10.1. The highest BCUT2D eigenvalue weighted by Gasteiger charge is 2.13. The van der Waals surface area contributed by atoms with Gasteiger partial charge < -0.3 is 9.64 Å². The van der Waals surface area contributed by atoms with Crippen LogP contribution in [-0.4, -0.2) is 36.1 Å². The number of morpholine rings is 1. The molecule has 1 aliphatic rings. The molecule has 6 heteroatoms. The van der Waals surface area contributed by atoms with Crippen molar-refractivity contribution in [3.05, 3.63) is 52.0 Å². The summed E-state index contributed by atoms with van der Waals surface area (Å²) in [7, 11) is 0. The molecule has 0 spiro atoms. The number of allylic oxidation sites excluding steroid dienone is 1. The summed E-state index contributed by atoms with van der Waals surface area (Å²) in [4.78, 5) is 12.2. The number of hydrogen-bond acceptors (Lipinski definition) is 4. The van der Waals surface area contributed by atoms with Gasteiger partial charge in [-0.05, 0) is 30.9 Å². The molecule has 21 heavy (non-hydrogen) atoms. The molecule has 0 atom stereocenters. The molecule has 1 fully saturated rings. The third-order valence-corrected chi connectivity index (χ3v) is 3.62. The van der Waals surface area contributed by atoms with Gasteiger partial charge in [-0.1, -0.05) is 6.58 Å². The molecule has 1 aromatic rings. The highest BCUT2D eigenvalue weighted by Crippen LogP contribution is 2.19. The van der Waals surface area contributed by atoms with Gasteiger partial charge in [-0.3, -0.25) is 10.1 Å². The standard InChI is InChI=1S/C15H19FN2O3/c1-12(17-7-9-21-10-8-17)3-2-4-13-5-6-14(18(19)20)11-15(13)16/h5-6,11H,1-4,7-10H2. The molecule has 0 N–H and O–H groups in total. The van der Waals surface area contributed by atoms with E-state index >= 15 is 0 Å². The van der Waals surface area contributed by atoms with Crippen LogP contribution in [0.1, 0.15) is 18.4 Å². The number of nitro benzene ring substituents is 1. The minimum Gasteiger partial charge on any atom is -0.378 e. The van der Waals surface area contributed by atoms with Gasteiger partial charge in [-0.15, -0.1) is 0 Å². The Labute approximate surface area is 123 Å². The molecule has 1 saturated heterocycles. The molecule has 0 amide bonds. The molecule has 5 nitrogen and oxygen atoms in total. The van der Waals surface area contributed by atoms with Crippen molar-refractivity contribution in [2.75, 3.05) is 26.3 Å². The molecule has 0 saturated carbocycles. The van der Waals surface area contributed by atoms with Crippen molar-refractivity contribution in [3.8, 4) is 0 Å². The molecular formula is C15H19FN2O3. The van der Waals surface area contributed by atoms with Gasteiger partial charge in [0.2, 0.25) is 0 Å². The Morgan fingerprint density at radius 1 is 1.43 bits per heavy atom. The van der Waals surface area contributed by atoms with E-state index in [-0.39, 0.29) is 5.69 Å². The maximum absolute atomic E-state index is 13.7. The minimum absolute atomic E-state index is 0.214. The van der Waals surface area contributed by atoms with Crippen LogP contribution in [0.15, 0.2) is 30.5 Å². The number of hydrogen-bond donors (Lipinski definition) is 0. The number of rotatable bonds is 6. The second kappa shape index (κ2) is 7.17. The van der Waals surface area contributed by atoms with Crippen LogP contribution in [0.3, 0.4) is 0 Å². The van der Waals surface area contributed by atoms with Gasteiger partial charge in [0.15, 0.2) is 0 Å². The van der Waals surface area contributed by atoms with Gasteiger partial charge in [0.05, 0.1) is 24.2 Å². The first-order valence-corrected chi connectivity index (χ1v) is 7.01. The lowest BCUT2D eigenvalue weighted by Gasteiger charge is -2.30. The van der Waals surface area contributed by atoms with Crippen LogP contribution in [0.5, 0.6) is 0 Å². The summed E-state index contributed by atoms with van der Waals surface area (Å²) < 4.78 is 19.0. The molecule has 1 aliphatic heterocycles. The zero-order valence-corrected chi connectivity index (χ0v) is 11.9. The Bertz CT molecular complexity index is 528. The van der Waals surface area contributed by atoms with Gasteiger partial charge in [-0.2, -0.15) is 0 Å². The van der Waals surface area contributed by atoms with Crippen LogP contribution in [0.4, 0.5) is 10.1 Å². The molecule has 1 aromatic carbocycles. The average molecular weight is 294 g/mol. The van der Waals surface area contributed by atoms with E-state index in [9.17, 15) is 14.5 Å². The van der Waals surface area contributed by atoms with Crippen molar-refractivity contribution in [1.29, 1.82) is 0 Å². The van der Waals surface area contributed by atoms with Gasteiger partial charge in [0, 0.05) is 24.9 Å². The summed E-state index contributed by atoms with van der Waals surface area (Å²) in [5, 5.41) is 10.6. The van der Waals surface area contributed by atoms with Crippen molar-refractivity contribution in [1.82, 2.24) is 4.90 Å². The highest BCUT2D eigenvalue weighted by molar-refractivity contribution is 5.34. The van der Waals surface area contributed by atoms with Crippen LogP contribution in [0.25, 0.3) is 0 Å². The molecule has 114 valence electrons. The van der Waals surface area contributed by atoms with Crippen LogP contribution < -0.4 is 0 Å². The Hall–Kier alpha value is -1.95. The van der Waals surface area contributed by atoms with Gasteiger partial charge in [0.25, 0.3) is 5.69 Å². The SMILES string of the molecule is C=C(CCCc1ccc([N+](=O)[O-])cc1F)N1CCOCC1. The van der Waals surface area contributed by atoms with Crippen molar-refractivity contribution in [2.45, 2.75) is 19.3 Å². The normalized spacial score (nSPS) is 15.0. The maximum Gasteiger partial charge on any atom is 0.272 e. The third kappa shape index (κ3) is 4.26. The fraction of sp³-hybridized carbons (Fsp3) is 0.467. The highest BCUT2D eigenvalue weighted by atomic mass is 19.1. The first-order chi connectivity index (χ1) is 10.1. The van der Waals surface area contributed by atoms with Crippen LogP contribution >= 0.6 is 0 Å². The number of non-ortho nitro benzene ring substituents is 1. The third-order valence-electron chi connectivity index (χ3n) is 3.62. The summed E-state index contributed by atoms with van der Waals surface area (Å²) in [6.07, 6.45) is 2.11. The number of nitro groups is 1. The van der Waals surface area contributed by atoms with Crippen LogP contribution in [-0.2, 0) is 11.2 Å². The average Bonchev–Trinajstić information content (AvgIpc) is 2.49. The Morgan fingerprint density at radius 3 is 2.76 bits per heavy atom. The van der Waals surface area contributed by atoms with Crippen LogP contribution in [0, 0.1) is 15.9 Å². The lowest BCUT2D eigenvalue weighted by molar-refractivity contribution is -0.385. The minimum atomic E-state index is -0.590. The lowest BCUT2D eigenvalue weighted by Crippen LogP contribution is -2.35. The van der Waals surface area contributed by atoms with E-state index in [1.807, 2.05) is 0 Å². The fourth-order valence-electron chi connectivity index (χ4n) is 2.37. The first-order valence-electron chi connectivity index (χ1n) is 7.01. The summed E-state index contributed by atoms with van der Waals surface area (Å²) in [5.41, 5.74) is 1.34. The number of nitrogens with zero attached hydrogens (tertiary/aromatic N) is 2. The van der Waals surface area contributed by atoms with E-state index in [1.165, 1.54) is 12.1 Å². The molecule has 1 heterocycles. The predicted octanol–water partition coefficient (Wildman–Crippen LogP) is 2.90. The molecule has 0 radical (unpaired) electrons. The monoisotopic (exact) mass is 294 g/mol. The fourth-order valence-corrected chi connectivity index (χ4v) is 2.37. The van der Waals surface area contributed by atoms with E-state index < -0.39 is 10.7 Å². The largest absolute Gasteiger partial charge is 0.378 e. The summed E-state index contributed by atoms with van der Waals surface area (Å²) in [6, 6.07) is 3.81. The number of aryl methyl sites for hydroxylation is 1. The van der Waals surface area contributed by atoms with Crippen molar-refractivity contribution >= 4 is 5.69 Å². The number of halogens is 1. The molecule has 2 rings (SSSR count). The van der Waals surface area contributed by atoms with E-state index in [0.717, 1.165) is 50.9 Å². The first kappa shape index (κ1) is 15.4. The van der Waals surface area contributed by atoms with Gasteiger partial charge in [-0.25, -0.2) is 4.39 Å². The van der Waals surface area contributed by atoms with E-state index in [2.05, 4.69) is 11.5 Å². The second-order valence-electron chi connectivity index (χ2n) is 5.05. The van der Waals surface area contributed by atoms with Crippen molar-refractivity contribution < 1.29 is 14.1 Å². The van der Waals surface area contributed by atoms with Crippen molar-refractivity contribution in [3.63, 3.8) is 0 Å². The van der Waals surface area contributed by atoms with Crippen molar-refractivity contribution in [2.24, 2.45) is 0 Å². The molecule has 0 aromatic heterocycles. The summed E-state index contributed by atoms with van der Waals surface area (Å²) in [5.74, 6) is -0.513. The second-order valence-corrected chi connectivity index (χ2v) is 5.05. The topological polar surface area (TPSA) is 55.6 Å². The van der Waals surface area contributed by atoms with Gasteiger partial charge in [0.1, 0.15) is 5.82 Å². The zero-order chi connectivity index (χ0) is 15.2. The zero-order valence-electron chi connectivity index (χ0n) is 11.9. The van der Waals surface area contributed by atoms with E-state index in [1.54, 1.807) is 0 Å². The summed E-state index contributed by atoms with van der Waals surface area (Å²) >= 11 is 0. The quantitative estimate of drug-likeness (QED) is 0.598. The molecule has 0 bridgehead atoms. The Morgan fingerprint density at radius 2 is 2.14 bits per heavy atom. The predicted molar refractivity (Wildman–Crippen MR) is 77.5 cm³/mol. The van der Waals surface area contributed by atoms with E-state index in [0.29, 0.717) is 12.0 Å². The molecule has 0 unspecified atom stereocenters. The smallest absolute Gasteiger partial charge is 0.272 e. The van der Waals surface area contributed by atoms with Crippen LogP contribution in [0.2, 0.25) is 0 Å². The Kier molecular flexibility index (Phi) is 5.27. The number of benzene rings is 1. The maximum atomic E-state index is 13.7. The molecule has 0 aliphatic carbocycles. The van der Waals surface area contributed by atoms with Gasteiger partial charge >= 0.3 is 0 Å². The summed E-state index contributed by atoms with van der Waals surface area (Å²) in [6.45, 7) is 7.20. The van der Waals surface area contributed by atoms with E-state index in [4.69, 9.17) is 4.74 Å². The Balaban J connectivity index is 1.83. The number of ether oxygens (including phenoxy) is 1.